The lowest BCUT2D eigenvalue weighted by atomic mass is 9.96. The molecule has 1 atom stereocenters. The van der Waals surface area contributed by atoms with Gasteiger partial charge in [0.2, 0.25) is 0 Å². The number of aryl methyl sites for hydroxylation is 1. The van der Waals surface area contributed by atoms with Gasteiger partial charge in [-0.25, -0.2) is 0 Å². The smallest absolute Gasteiger partial charge is 0.251 e. The Morgan fingerprint density at radius 1 is 1.05 bits per heavy atom. The Morgan fingerprint density at radius 3 is 2.30 bits per heavy atom. The Labute approximate surface area is 120 Å². The summed E-state index contributed by atoms with van der Waals surface area (Å²) in [6.07, 6.45) is 1.01. The van der Waals surface area contributed by atoms with Crippen LogP contribution in [0.15, 0.2) is 54.6 Å². The normalized spacial score (nSPS) is 11.9. The fourth-order valence-corrected chi connectivity index (χ4v) is 2.25. The summed E-state index contributed by atoms with van der Waals surface area (Å²) in [5.41, 5.74) is 3.16. The van der Waals surface area contributed by atoms with Crippen LogP contribution in [0.1, 0.15) is 40.7 Å². The molecule has 0 saturated heterocycles. The molecule has 20 heavy (non-hydrogen) atoms. The second kappa shape index (κ2) is 6.90. The molecule has 0 aliphatic carbocycles. The van der Waals surface area contributed by atoms with E-state index in [1.807, 2.05) is 49.4 Å². The maximum absolute atomic E-state index is 12.1. The van der Waals surface area contributed by atoms with Crippen LogP contribution < -0.4 is 5.32 Å². The van der Waals surface area contributed by atoms with Crippen molar-refractivity contribution in [3.8, 4) is 0 Å². The number of rotatable bonds is 5. The fraction of sp³-hybridized carbons (Fsp3) is 0.278. The van der Waals surface area contributed by atoms with Gasteiger partial charge in [0, 0.05) is 18.0 Å². The summed E-state index contributed by atoms with van der Waals surface area (Å²) in [5.74, 6) is 0.366. The highest BCUT2D eigenvalue weighted by atomic mass is 16.1. The third-order valence-corrected chi connectivity index (χ3v) is 3.59. The van der Waals surface area contributed by atoms with Crippen molar-refractivity contribution in [1.82, 2.24) is 5.32 Å². The molecule has 0 aliphatic rings. The highest BCUT2D eigenvalue weighted by molar-refractivity contribution is 5.94. The van der Waals surface area contributed by atoms with E-state index in [0.717, 1.165) is 17.5 Å². The second-order valence-corrected chi connectivity index (χ2v) is 5.09. The molecular formula is C18H21NO. The molecule has 0 fully saturated rings. The van der Waals surface area contributed by atoms with Crippen molar-refractivity contribution in [1.29, 1.82) is 0 Å². The molecule has 0 aliphatic heterocycles. The van der Waals surface area contributed by atoms with E-state index in [1.165, 1.54) is 5.56 Å². The van der Waals surface area contributed by atoms with Gasteiger partial charge in [-0.15, -0.1) is 0 Å². The molecule has 2 rings (SSSR count). The number of carbonyl (C=O) groups excluding carboxylic acids is 1. The minimum absolute atomic E-state index is 0.000573. The number of hydrogen-bond donors (Lipinski definition) is 1. The summed E-state index contributed by atoms with van der Waals surface area (Å²) < 4.78 is 0. The molecule has 2 heteroatoms. The van der Waals surface area contributed by atoms with Crippen molar-refractivity contribution in [2.24, 2.45) is 0 Å². The highest BCUT2D eigenvalue weighted by Gasteiger charge is 2.11. The van der Waals surface area contributed by atoms with E-state index in [1.54, 1.807) is 0 Å². The van der Waals surface area contributed by atoms with Gasteiger partial charge in [0.05, 0.1) is 0 Å². The summed E-state index contributed by atoms with van der Waals surface area (Å²) in [6, 6.07) is 18.0. The highest BCUT2D eigenvalue weighted by Crippen LogP contribution is 2.18. The predicted molar refractivity (Wildman–Crippen MR) is 83.0 cm³/mol. The molecule has 0 unspecified atom stereocenters. The summed E-state index contributed by atoms with van der Waals surface area (Å²) in [4.78, 5) is 12.1. The van der Waals surface area contributed by atoms with Gasteiger partial charge in [0.1, 0.15) is 0 Å². The summed E-state index contributed by atoms with van der Waals surface area (Å²) in [5, 5.41) is 3.03. The minimum Gasteiger partial charge on any atom is -0.351 e. The van der Waals surface area contributed by atoms with Gasteiger partial charge in [-0.1, -0.05) is 55.0 Å². The van der Waals surface area contributed by atoms with Crippen molar-refractivity contribution in [2.45, 2.75) is 26.2 Å². The van der Waals surface area contributed by atoms with Crippen LogP contribution in [0.2, 0.25) is 0 Å². The quantitative estimate of drug-likeness (QED) is 0.874. The van der Waals surface area contributed by atoms with Gasteiger partial charge in [-0.05, 0) is 31.0 Å². The van der Waals surface area contributed by atoms with E-state index in [-0.39, 0.29) is 5.91 Å². The van der Waals surface area contributed by atoms with Crippen LogP contribution in [0.25, 0.3) is 0 Å². The minimum atomic E-state index is -0.000573. The lowest BCUT2D eigenvalue weighted by Gasteiger charge is -2.16. The van der Waals surface area contributed by atoms with Gasteiger partial charge >= 0.3 is 0 Å². The molecule has 2 nitrogen and oxygen atoms in total. The Bertz CT molecular complexity index is 545. The van der Waals surface area contributed by atoms with Crippen LogP contribution in [0.3, 0.4) is 0 Å². The topological polar surface area (TPSA) is 29.1 Å². The van der Waals surface area contributed by atoms with Crippen molar-refractivity contribution < 1.29 is 4.79 Å². The fourth-order valence-electron chi connectivity index (χ4n) is 2.25. The molecule has 104 valence electrons. The maximum atomic E-state index is 12.1. The van der Waals surface area contributed by atoms with Gasteiger partial charge in [-0.3, -0.25) is 4.79 Å². The average molecular weight is 267 g/mol. The second-order valence-electron chi connectivity index (χ2n) is 5.09. The molecule has 0 spiro atoms. The molecule has 0 bridgehead atoms. The van der Waals surface area contributed by atoms with Crippen molar-refractivity contribution in [3.05, 3.63) is 71.3 Å². The Morgan fingerprint density at radius 2 is 1.70 bits per heavy atom. The van der Waals surface area contributed by atoms with Crippen molar-refractivity contribution >= 4 is 5.91 Å². The van der Waals surface area contributed by atoms with Gasteiger partial charge in [0.15, 0.2) is 0 Å². The number of benzene rings is 2. The van der Waals surface area contributed by atoms with Crippen LogP contribution >= 0.6 is 0 Å². The first kappa shape index (κ1) is 14.3. The number of hydrogen-bond acceptors (Lipinski definition) is 1. The Kier molecular flexibility index (Phi) is 4.94. The average Bonchev–Trinajstić information content (AvgIpc) is 2.49. The van der Waals surface area contributed by atoms with Crippen LogP contribution in [-0.2, 0) is 0 Å². The zero-order valence-corrected chi connectivity index (χ0v) is 12.1. The number of carbonyl (C=O) groups is 1. The lowest BCUT2D eigenvalue weighted by molar-refractivity contribution is 0.0951. The van der Waals surface area contributed by atoms with Crippen LogP contribution in [0.5, 0.6) is 0 Å². The molecule has 0 heterocycles. The molecule has 1 N–H and O–H groups in total. The Hall–Kier alpha value is -2.09. The third-order valence-electron chi connectivity index (χ3n) is 3.59. The van der Waals surface area contributed by atoms with E-state index in [4.69, 9.17) is 0 Å². The largest absolute Gasteiger partial charge is 0.351 e. The SMILES string of the molecule is CC[C@H](CNC(=O)c1ccc(C)cc1)c1ccccc1. The number of amides is 1. The van der Waals surface area contributed by atoms with Crippen molar-refractivity contribution in [3.63, 3.8) is 0 Å². The lowest BCUT2D eigenvalue weighted by Crippen LogP contribution is -2.28. The predicted octanol–water partition coefficient (Wildman–Crippen LogP) is 3.92. The monoisotopic (exact) mass is 267 g/mol. The molecule has 1 amide bonds. The van der Waals surface area contributed by atoms with Gasteiger partial charge in [0.25, 0.3) is 5.91 Å². The molecular weight excluding hydrogens is 246 g/mol. The molecule has 0 saturated carbocycles. The maximum Gasteiger partial charge on any atom is 0.251 e. The third kappa shape index (κ3) is 3.70. The molecule has 0 aromatic heterocycles. The first-order valence-corrected chi connectivity index (χ1v) is 7.10. The first-order valence-electron chi connectivity index (χ1n) is 7.10. The summed E-state index contributed by atoms with van der Waals surface area (Å²) in [6.45, 7) is 4.84. The van der Waals surface area contributed by atoms with Crippen molar-refractivity contribution in [2.75, 3.05) is 6.54 Å². The van der Waals surface area contributed by atoms with Crippen LogP contribution in [0, 0.1) is 6.92 Å². The first-order chi connectivity index (χ1) is 9.70. The zero-order valence-electron chi connectivity index (χ0n) is 12.1. The van der Waals surface area contributed by atoms with Crippen LogP contribution in [0.4, 0.5) is 0 Å². The zero-order chi connectivity index (χ0) is 14.4. The molecule has 2 aromatic carbocycles. The summed E-state index contributed by atoms with van der Waals surface area (Å²) >= 11 is 0. The van der Waals surface area contributed by atoms with Gasteiger partial charge in [-0.2, -0.15) is 0 Å². The van der Waals surface area contributed by atoms with Crippen LogP contribution in [-0.4, -0.2) is 12.5 Å². The van der Waals surface area contributed by atoms with E-state index in [9.17, 15) is 4.79 Å². The van der Waals surface area contributed by atoms with E-state index >= 15 is 0 Å². The number of nitrogens with one attached hydrogen (secondary N) is 1. The summed E-state index contributed by atoms with van der Waals surface area (Å²) in [7, 11) is 0. The Balaban J connectivity index is 1.96. The van der Waals surface area contributed by atoms with E-state index < -0.39 is 0 Å². The van der Waals surface area contributed by atoms with E-state index in [0.29, 0.717) is 12.5 Å². The van der Waals surface area contributed by atoms with E-state index in [2.05, 4.69) is 24.4 Å². The standard InChI is InChI=1S/C18H21NO/c1-3-15(16-7-5-4-6-8-16)13-19-18(20)17-11-9-14(2)10-12-17/h4-12,15H,3,13H2,1-2H3,(H,19,20)/t15-/m1/s1. The van der Waals surface area contributed by atoms with Gasteiger partial charge < -0.3 is 5.32 Å². The molecule has 0 radical (unpaired) electrons. The molecule has 2 aromatic rings.